The van der Waals surface area contributed by atoms with Crippen LogP contribution in [0.15, 0.2) is 24.3 Å². The van der Waals surface area contributed by atoms with Crippen LogP contribution in [0.1, 0.15) is 30.4 Å². The highest BCUT2D eigenvalue weighted by Gasteiger charge is 2.55. The van der Waals surface area contributed by atoms with Crippen LogP contribution in [0.4, 0.5) is 0 Å². The Kier molecular flexibility index (Phi) is 2.93. The molecule has 0 bridgehead atoms. The summed E-state index contributed by atoms with van der Waals surface area (Å²) in [7, 11) is 0. The zero-order valence-corrected chi connectivity index (χ0v) is 10.3. The molecule has 3 rings (SSSR count). The predicted molar refractivity (Wildman–Crippen MR) is 67.0 cm³/mol. The number of benzene rings is 1. The minimum absolute atomic E-state index is 0.281. The number of hydrogen-bond acceptors (Lipinski definition) is 2. The lowest BCUT2D eigenvalue weighted by atomic mass is 9.92. The molecule has 1 aromatic rings. The number of fused-ring (bicyclic) bond motifs is 3. The monoisotopic (exact) mass is 232 g/mol. The van der Waals surface area contributed by atoms with Crippen molar-refractivity contribution in [1.82, 2.24) is 0 Å². The molecule has 0 saturated heterocycles. The van der Waals surface area contributed by atoms with E-state index in [-0.39, 0.29) is 6.10 Å². The van der Waals surface area contributed by atoms with Crippen LogP contribution in [-0.4, -0.2) is 24.4 Å². The number of hydrogen-bond donors (Lipinski definition) is 1. The first kappa shape index (κ1) is 11.2. The molecule has 2 aliphatic carbocycles. The molecule has 0 radical (unpaired) electrons. The molecule has 92 valence electrons. The average Bonchev–Trinajstić information content (AvgIpc) is 3.11. The van der Waals surface area contributed by atoms with Gasteiger partial charge in [-0.2, -0.15) is 0 Å². The summed E-state index contributed by atoms with van der Waals surface area (Å²) in [6, 6.07) is 8.70. The maximum absolute atomic E-state index is 10.2. The summed E-state index contributed by atoms with van der Waals surface area (Å²) < 4.78 is 5.34. The highest BCUT2D eigenvalue weighted by atomic mass is 16.5. The van der Waals surface area contributed by atoms with Crippen molar-refractivity contribution in [2.75, 3.05) is 13.2 Å². The number of aliphatic hydroxyl groups is 1. The molecule has 1 saturated carbocycles. The molecule has 0 heterocycles. The fourth-order valence-corrected chi connectivity index (χ4v) is 3.49. The summed E-state index contributed by atoms with van der Waals surface area (Å²) in [6.07, 6.45) is 2.13. The van der Waals surface area contributed by atoms with Crippen LogP contribution in [0.2, 0.25) is 0 Å². The standard InChI is InChI=1S/C15H20O2/c1-2-17-9-13(16)15-12-8-7-10-5-3-4-6-11(10)14(12)15/h3-6,12-16H,2,7-9H2,1H3. The van der Waals surface area contributed by atoms with Gasteiger partial charge in [0.25, 0.3) is 0 Å². The minimum atomic E-state index is -0.281. The van der Waals surface area contributed by atoms with Crippen LogP contribution in [0.25, 0.3) is 0 Å². The molecule has 0 aromatic heterocycles. The molecule has 1 aromatic carbocycles. The lowest BCUT2D eigenvalue weighted by Gasteiger charge is -2.13. The van der Waals surface area contributed by atoms with Gasteiger partial charge in [0.15, 0.2) is 0 Å². The summed E-state index contributed by atoms with van der Waals surface area (Å²) in [5, 5.41) is 10.2. The third-order valence-corrected chi connectivity index (χ3v) is 4.33. The summed E-state index contributed by atoms with van der Waals surface area (Å²) in [5.41, 5.74) is 2.96. The Bertz CT molecular complexity index is 402. The second-order valence-electron chi connectivity index (χ2n) is 5.23. The average molecular weight is 232 g/mol. The second kappa shape index (κ2) is 4.43. The number of aliphatic hydroxyl groups excluding tert-OH is 1. The zero-order valence-electron chi connectivity index (χ0n) is 10.3. The van der Waals surface area contributed by atoms with Crippen molar-refractivity contribution in [3.05, 3.63) is 35.4 Å². The zero-order chi connectivity index (χ0) is 11.8. The molecule has 4 unspecified atom stereocenters. The molecule has 17 heavy (non-hydrogen) atoms. The summed E-state index contributed by atoms with van der Waals surface area (Å²) in [5.74, 6) is 1.72. The second-order valence-corrected chi connectivity index (χ2v) is 5.23. The quantitative estimate of drug-likeness (QED) is 0.863. The Balaban J connectivity index is 1.73. The first-order chi connectivity index (χ1) is 8.33. The van der Waals surface area contributed by atoms with E-state index < -0.39 is 0 Å². The van der Waals surface area contributed by atoms with Crippen LogP contribution >= 0.6 is 0 Å². The van der Waals surface area contributed by atoms with Gasteiger partial charge >= 0.3 is 0 Å². The van der Waals surface area contributed by atoms with Gasteiger partial charge < -0.3 is 9.84 Å². The van der Waals surface area contributed by atoms with Crippen molar-refractivity contribution in [1.29, 1.82) is 0 Å². The molecule has 0 amide bonds. The maximum Gasteiger partial charge on any atom is 0.0810 e. The summed E-state index contributed by atoms with van der Waals surface area (Å²) >= 11 is 0. The summed E-state index contributed by atoms with van der Waals surface area (Å²) in [6.45, 7) is 3.16. The molecule has 0 spiro atoms. The molecule has 2 nitrogen and oxygen atoms in total. The Morgan fingerprint density at radius 3 is 3.06 bits per heavy atom. The lowest BCUT2D eigenvalue weighted by Crippen LogP contribution is -2.19. The number of rotatable bonds is 4. The maximum atomic E-state index is 10.2. The van der Waals surface area contributed by atoms with E-state index in [0.717, 1.165) is 0 Å². The van der Waals surface area contributed by atoms with Gasteiger partial charge in [0.2, 0.25) is 0 Å². The predicted octanol–water partition coefficient (Wildman–Crippen LogP) is 2.36. The fraction of sp³-hybridized carbons (Fsp3) is 0.600. The van der Waals surface area contributed by atoms with Crippen LogP contribution in [-0.2, 0) is 11.2 Å². The highest BCUT2D eigenvalue weighted by Crippen LogP contribution is 2.61. The topological polar surface area (TPSA) is 29.5 Å². The van der Waals surface area contributed by atoms with Gasteiger partial charge in [-0.25, -0.2) is 0 Å². The van der Waals surface area contributed by atoms with E-state index in [0.29, 0.717) is 31.0 Å². The minimum Gasteiger partial charge on any atom is -0.390 e. The van der Waals surface area contributed by atoms with Gasteiger partial charge in [0, 0.05) is 6.61 Å². The Hall–Kier alpha value is -0.860. The van der Waals surface area contributed by atoms with Crippen molar-refractivity contribution in [3.8, 4) is 0 Å². The fourth-order valence-electron chi connectivity index (χ4n) is 3.49. The van der Waals surface area contributed by atoms with E-state index in [2.05, 4.69) is 24.3 Å². The van der Waals surface area contributed by atoms with E-state index in [1.807, 2.05) is 6.92 Å². The van der Waals surface area contributed by atoms with Crippen LogP contribution in [0.5, 0.6) is 0 Å². The van der Waals surface area contributed by atoms with Gasteiger partial charge in [-0.3, -0.25) is 0 Å². The molecular weight excluding hydrogens is 212 g/mol. The van der Waals surface area contributed by atoms with E-state index in [4.69, 9.17) is 4.74 Å². The molecule has 0 aliphatic heterocycles. The number of aryl methyl sites for hydroxylation is 1. The lowest BCUT2D eigenvalue weighted by molar-refractivity contribution is 0.0269. The van der Waals surface area contributed by atoms with E-state index in [1.54, 1.807) is 0 Å². The van der Waals surface area contributed by atoms with Crippen molar-refractivity contribution >= 4 is 0 Å². The molecule has 2 heteroatoms. The van der Waals surface area contributed by atoms with Gasteiger partial charge in [-0.1, -0.05) is 24.3 Å². The van der Waals surface area contributed by atoms with E-state index in [1.165, 1.54) is 24.0 Å². The third kappa shape index (κ3) is 1.90. The molecular formula is C15H20O2. The molecule has 4 atom stereocenters. The largest absolute Gasteiger partial charge is 0.390 e. The molecule has 1 fully saturated rings. The smallest absolute Gasteiger partial charge is 0.0810 e. The van der Waals surface area contributed by atoms with Crippen molar-refractivity contribution in [3.63, 3.8) is 0 Å². The van der Waals surface area contributed by atoms with Gasteiger partial charge in [-0.15, -0.1) is 0 Å². The Morgan fingerprint density at radius 1 is 1.41 bits per heavy atom. The Morgan fingerprint density at radius 2 is 2.24 bits per heavy atom. The third-order valence-electron chi connectivity index (χ3n) is 4.33. The van der Waals surface area contributed by atoms with Crippen LogP contribution in [0.3, 0.4) is 0 Å². The molecule has 1 N–H and O–H groups in total. The van der Waals surface area contributed by atoms with Crippen molar-refractivity contribution in [2.24, 2.45) is 11.8 Å². The first-order valence-electron chi connectivity index (χ1n) is 6.66. The highest BCUT2D eigenvalue weighted by molar-refractivity contribution is 5.39. The number of ether oxygens (including phenoxy) is 1. The van der Waals surface area contributed by atoms with Gasteiger partial charge in [-0.05, 0) is 48.6 Å². The van der Waals surface area contributed by atoms with Crippen molar-refractivity contribution < 1.29 is 9.84 Å². The van der Waals surface area contributed by atoms with Gasteiger partial charge in [0.1, 0.15) is 0 Å². The molecule has 2 aliphatic rings. The summed E-state index contributed by atoms with van der Waals surface area (Å²) in [4.78, 5) is 0. The van der Waals surface area contributed by atoms with E-state index >= 15 is 0 Å². The first-order valence-corrected chi connectivity index (χ1v) is 6.66. The Labute approximate surface area is 103 Å². The van der Waals surface area contributed by atoms with Gasteiger partial charge in [0.05, 0.1) is 12.7 Å². The van der Waals surface area contributed by atoms with Crippen molar-refractivity contribution in [2.45, 2.75) is 31.8 Å². The van der Waals surface area contributed by atoms with Crippen LogP contribution in [0, 0.1) is 11.8 Å². The SMILES string of the molecule is CCOCC(O)C1C2CCc3ccccc3C21. The normalized spacial score (nSPS) is 31.5. The van der Waals surface area contributed by atoms with E-state index in [9.17, 15) is 5.11 Å². The van der Waals surface area contributed by atoms with Crippen LogP contribution < -0.4 is 0 Å².